The molecule has 1 aromatic heterocycles. The van der Waals surface area contributed by atoms with Crippen LogP contribution in [-0.2, 0) is 5.41 Å². The molecular weight excluding hydrogens is 424 g/mol. The third-order valence-corrected chi connectivity index (χ3v) is 5.75. The Balaban J connectivity index is 1.97. The van der Waals surface area contributed by atoms with E-state index in [-0.39, 0.29) is 5.56 Å². The summed E-state index contributed by atoms with van der Waals surface area (Å²) in [6.45, 7) is 5.59. The largest absolute Gasteiger partial charge is 0.505 e. The smallest absolute Gasteiger partial charge is 0.418 e. The predicted octanol–water partition coefficient (Wildman–Crippen LogP) is 5.77. The van der Waals surface area contributed by atoms with Gasteiger partial charge >= 0.3 is 6.18 Å². The summed E-state index contributed by atoms with van der Waals surface area (Å²) in [7, 11) is 0. The number of halogens is 4. The lowest BCUT2D eigenvalue weighted by Gasteiger charge is -2.38. The van der Waals surface area contributed by atoms with Gasteiger partial charge < -0.3 is 15.5 Å². The first-order valence-corrected chi connectivity index (χ1v) is 10.1. The fourth-order valence-electron chi connectivity index (χ4n) is 4.03. The van der Waals surface area contributed by atoms with Crippen LogP contribution in [-0.4, -0.2) is 33.5 Å². The van der Waals surface area contributed by atoms with E-state index in [9.17, 15) is 27.8 Å². The zero-order valence-electron chi connectivity index (χ0n) is 18.3. The van der Waals surface area contributed by atoms with Crippen molar-refractivity contribution >= 4 is 16.6 Å². The van der Waals surface area contributed by atoms with Crippen molar-refractivity contribution in [2.45, 2.75) is 51.3 Å². The Bertz CT molecular complexity index is 1140. The van der Waals surface area contributed by atoms with Gasteiger partial charge in [0, 0.05) is 22.3 Å². The van der Waals surface area contributed by atoms with Gasteiger partial charge in [0.1, 0.15) is 0 Å². The standard InChI is InChI=1S/C24H26F4N2O2/c1-14-8-11-19-16(10-9-15(2)30-19)20(14)29-13-23(32,24(26,27)28)12-22(3,4)17-6-5-7-18(25)21(17)31/h5-11,29,31-32H,12-13H2,1-4H3. The van der Waals surface area contributed by atoms with Gasteiger partial charge in [-0.25, -0.2) is 4.39 Å². The van der Waals surface area contributed by atoms with E-state index in [2.05, 4.69) is 10.3 Å². The second kappa shape index (κ2) is 8.24. The lowest BCUT2D eigenvalue weighted by atomic mass is 9.74. The molecule has 1 heterocycles. The molecule has 1 unspecified atom stereocenters. The third-order valence-electron chi connectivity index (χ3n) is 5.75. The van der Waals surface area contributed by atoms with Crippen LogP contribution in [0.25, 0.3) is 10.9 Å². The number of fused-ring (bicyclic) bond motifs is 1. The topological polar surface area (TPSA) is 65.4 Å². The first-order valence-electron chi connectivity index (χ1n) is 10.1. The number of aliphatic hydroxyl groups is 1. The molecule has 32 heavy (non-hydrogen) atoms. The van der Waals surface area contributed by atoms with Gasteiger partial charge in [0.2, 0.25) is 0 Å². The number of aryl methyl sites for hydroxylation is 2. The molecule has 0 radical (unpaired) electrons. The number of nitrogens with one attached hydrogen (secondary N) is 1. The molecule has 3 N–H and O–H groups in total. The summed E-state index contributed by atoms with van der Waals surface area (Å²) in [6, 6.07) is 10.8. The van der Waals surface area contributed by atoms with Crippen LogP contribution in [0.3, 0.4) is 0 Å². The van der Waals surface area contributed by atoms with E-state index in [0.717, 1.165) is 11.8 Å². The molecule has 4 nitrogen and oxygen atoms in total. The minimum atomic E-state index is -4.98. The van der Waals surface area contributed by atoms with Crippen LogP contribution in [0.1, 0.15) is 37.1 Å². The molecule has 0 aliphatic rings. The van der Waals surface area contributed by atoms with Crippen LogP contribution >= 0.6 is 0 Å². The summed E-state index contributed by atoms with van der Waals surface area (Å²) >= 11 is 0. The summed E-state index contributed by atoms with van der Waals surface area (Å²) in [5, 5.41) is 24.3. The van der Waals surface area contributed by atoms with E-state index >= 15 is 0 Å². The Morgan fingerprint density at radius 3 is 2.34 bits per heavy atom. The number of alkyl halides is 3. The van der Waals surface area contributed by atoms with Gasteiger partial charge in [0.25, 0.3) is 0 Å². The molecule has 8 heteroatoms. The zero-order valence-corrected chi connectivity index (χ0v) is 18.3. The second-order valence-corrected chi connectivity index (χ2v) is 8.86. The number of para-hydroxylation sites is 1. The number of phenols is 1. The molecule has 0 aliphatic heterocycles. The SMILES string of the molecule is Cc1ccc2c(NCC(O)(CC(C)(C)c3cccc(F)c3O)C(F)(F)F)c(C)ccc2n1. The van der Waals surface area contributed by atoms with Gasteiger partial charge in [0.15, 0.2) is 17.2 Å². The average molecular weight is 450 g/mol. The van der Waals surface area contributed by atoms with Crippen LogP contribution in [0, 0.1) is 19.7 Å². The highest BCUT2D eigenvalue weighted by Crippen LogP contribution is 2.44. The van der Waals surface area contributed by atoms with Crippen molar-refractivity contribution in [1.29, 1.82) is 0 Å². The monoisotopic (exact) mass is 450 g/mol. The van der Waals surface area contributed by atoms with Gasteiger partial charge in [-0.3, -0.25) is 4.98 Å². The molecule has 0 amide bonds. The highest BCUT2D eigenvalue weighted by molar-refractivity contribution is 5.93. The maximum atomic E-state index is 14.1. The Morgan fingerprint density at radius 2 is 1.69 bits per heavy atom. The van der Waals surface area contributed by atoms with E-state index in [4.69, 9.17) is 0 Å². The summed E-state index contributed by atoms with van der Waals surface area (Å²) < 4.78 is 56.0. The summed E-state index contributed by atoms with van der Waals surface area (Å²) in [5.74, 6) is -1.65. The third kappa shape index (κ3) is 4.50. The first kappa shape index (κ1) is 23.8. The number of hydrogen-bond donors (Lipinski definition) is 3. The van der Waals surface area contributed by atoms with Crippen molar-refractivity contribution in [3.63, 3.8) is 0 Å². The van der Waals surface area contributed by atoms with Gasteiger partial charge in [-0.05, 0) is 55.5 Å². The van der Waals surface area contributed by atoms with E-state index in [1.165, 1.54) is 26.0 Å². The molecule has 0 fully saturated rings. The Kier molecular flexibility index (Phi) is 6.12. The van der Waals surface area contributed by atoms with Crippen LogP contribution < -0.4 is 5.32 Å². The lowest BCUT2D eigenvalue weighted by Crippen LogP contribution is -2.53. The van der Waals surface area contributed by atoms with Crippen LogP contribution in [0.15, 0.2) is 42.5 Å². The van der Waals surface area contributed by atoms with Crippen molar-refractivity contribution in [2.24, 2.45) is 0 Å². The Morgan fingerprint density at radius 1 is 1.00 bits per heavy atom. The minimum Gasteiger partial charge on any atom is -0.505 e. The number of benzene rings is 2. The normalized spacial score (nSPS) is 14.4. The molecule has 3 aromatic rings. The molecular formula is C24H26F4N2O2. The molecule has 0 saturated heterocycles. The van der Waals surface area contributed by atoms with Crippen molar-refractivity contribution in [3.8, 4) is 5.75 Å². The molecule has 172 valence electrons. The molecule has 0 aliphatic carbocycles. The van der Waals surface area contributed by atoms with E-state index in [1.807, 2.05) is 6.92 Å². The number of aromatic nitrogens is 1. The predicted molar refractivity (Wildman–Crippen MR) is 116 cm³/mol. The van der Waals surface area contributed by atoms with Gasteiger partial charge in [-0.2, -0.15) is 13.2 Å². The summed E-state index contributed by atoms with van der Waals surface area (Å²) in [6.07, 6.45) is -5.78. The fraction of sp³-hybridized carbons (Fsp3) is 0.375. The number of aromatic hydroxyl groups is 1. The fourth-order valence-corrected chi connectivity index (χ4v) is 4.03. The van der Waals surface area contributed by atoms with Crippen LogP contribution in [0.4, 0.5) is 23.2 Å². The van der Waals surface area contributed by atoms with Crippen molar-refractivity contribution < 1.29 is 27.8 Å². The van der Waals surface area contributed by atoms with Crippen molar-refractivity contribution in [3.05, 3.63) is 65.1 Å². The average Bonchev–Trinajstić information content (AvgIpc) is 2.68. The first-order chi connectivity index (χ1) is 14.7. The quantitative estimate of drug-likeness (QED) is 0.417. The Hall–Kier alpha value is -2.87. The minimum absolute atomic E-state index is 0.0128. The van der Waals surface area contributed by atoms with Crippen LogP contribution in [0.2, 0.25) is 0 Å². The summed E-state index contributed by atoms with van der Waals surface area (Å²) in [5.41, 5.74) is -2.00. The number of hydrogen-bond acceptors (Lipinski definition) is 4. The second-order valence-electron chi connectivity index (χ2n) is 8.86. The number of nitrogens with zero attached hydrogens (tertiary/aromatic N) is 1. The van der Waals surface area contributed by atoms with Gasteiger partial charge in [-0.1, -0.05) is 32.0 Å². The number of rotatable bonds is 6. The van der Waals surface area contributed by atoms with Crippen LogP contribution in [0.5, 0.6) is 5.75 Å². The highest BCUT2D eigenvalue weighted by Gasteiger charge is 2.56. The van der Waals surface area contributed by atoms with E-state index in [1.54, 1.807) is 31.2 Å². The molecule has 0 bridgehead atoms. The number of pyridine rings is 1. The van der Waals surface area contributed by atoms with Gasteiger partial charge in [0.05, 0.1) is 12.1 Å². The molecule has 1 atom stereocenters. The zero-order chi connectivity index (χ0) is 23.9. The van der Waals surface area contributed by atoms with Crippen molar-refractivity contribution in [1.82, 2.24) is 4.98 Å². The maximum Gasteiger partial charge on any atom is 0.418 e. The maximum absolute atomic E-state index is 14.1. The molecule has 2 aromatic carbocycles. The summed E-state index contributed by atoms with van der Waals surface area (Å²) in [4.78, 5) is 4.40. The molecule has 3 rings (SSSR count). The molecule has 0 saturated carbocycles. The Labute approximate surface area is 183 Å². The lowest BCUT2D eigenvalue weighted by molar-refractivity contribution is -0.260. The van der Waals surface area contributed by atoms with Gasteiger partial charge in [-0.15, -0.1) is 0 Å². The van der Waals surface area contributed by atoms with E-state index < -0.39 is 41.7 Å². The van der Waals surface area contributed by atoms with E-state index in [0.29, 0.717) is 22.2 Å². The number of phenolic OH excluding ortho intramolecular Hbond substituents is 1. The van der Waals surface area contributed by atoms with Crippen molar-refractivity contribution in [2.75, 3.05) is 11.9 Å². The number of anilines is 1. The highest BCUT2D eigenvalue weighted by atomic mass is 19.4. The molecule has 0 spiro atoms.